The predicted molar refractivity (Wildman–Crippen MR) is 73.5 cm³/mol. The molecule has 0 aliphatic carbocycles. The van der Waals surface area contributed by atoms with E-state index in [0.29, 0.717) is 5.92 Å². The van der Waals surface area contributed by atoms with E-state index in [1.54, 1.807) is 0 Å². The SMILES string of the molecule is CC(C)c1[c-]cc(C#CCN2CCOCC2)cc1.[Y]. The van der Waals surface area contributed by atoms with Crippen LogP contribution in [0.2, 0.25) is 0 Å². The normalized spacial score (nSPS) is 15.5. The smallest absolute Gasteiger partial charge is 0.0595 e. The zero-order valence-electron chi connectivity index (χ0n) is 11.8. The number of rotatable bonds is 2. The molecule has 1 aliphatic rings. The minimum absolute atomic E-state index is 0. The number of benzene rings is 1. The Morgan fingerprint density at radius 2 is 2.05 bits per heavy atom. The zero-order chi connectivity index (χ0) is 12.8. The summed E-state index contributed by atoms with van der Waals surface area (Å²) in [7, 11) is 0. The van der Waals surface area contributed by atoms with Crippen molar-refractivity contribution in [3.05, 3.63) is 35.4 Å². The molecule has 0 atom stereocenters. The van der Waals surface area contributed by atoms with Crippen LogP contribution < -0.4 is 0 Å². The van der Waals surface area contributed by atoms with Gasteiger partial charge in [-0.1, -0.05) is 25.3 Å². The van der Waals surface area contributed by atoms with Crippen molar-refractivity contribution in [2.24, 2.45) is 0 Å². The molecule has 0 unspecified atom stereocenters. The first-order valence-corrected chi connectivity index (χ1v) is 6.56. The van der Waals surface area contributed by atoms with Crippen LogP contribution in [0.5, 0.6) is 0 Å². The van der Waals surface area contributed by atoms with Crippen molar-refractivity contribution < 1.29 is 37.4 Å². The average Bonchev–Trinajstić information content (AvgIpc) is 2.40. The minimum atomic E-state index is 0. The molecule has 1 fully saturated rings. The van der Waals surface area contributed by atoms with Gasteiger partial charge in [0.1, 0.15) is 0 Å². The van der Waals surface area contributed by atoms with Crippen molar-refractivity contribution >= 4 is 0 Å². The molecule has 1 saturated heterocycles. The molecule has 0 spiro atoms. The number of nitrogens with zero attached hydrogens (tertiary/aromatic N) is 1. The van der Waals surface area contributed by atoms with Crippen LogP contribution in [0.3, 0.4) is 0 Å². The molecule has 1 heterocycles. The van der Waals surface area contributed by atoms with Gasteiger partial charge in [-0.15, -0.1) is 5.92 Å². The Morgan fingerprint density at radius 3 is 2.63 bits per heavy atom. The van der Waals surface area contributed by atoms with Crippen LogP contribution in [0.15, 0.2) is 18.2 Å². The van der Waals surface area contributed by atoms with Crippen molar-refractivity contribution in [2.75, 3.05) is 32.8 Å². The summed E-state index contributed by atoms with van der Waals surface area (Å²) in [5.74, 6) is 6.94. The number of ether oxygens (including phenoxy) is 1. The second-order valence-corrected chi connectivity index (χ2v) is 4.88. The van der Waals surface area contributed by atoms with Gasteiger partial charge in [-0.3, -0.25) is 4.90 Å². The van der Waals surface area contributed by atoms with E-state index < -0.39 is 0 Å². The molecule has 0 aromatic heterocycles. The topological polar surface area (TPSA) is 12.5 Å². The van der Waals surface area contributed by atoms with Gasteiger partial charge in [0.25, 0.3) is 0 Å². The van der Waals surface area contributed by atoms with Crippen molar-refractivity contribution in [3.63, 3.8) is 0 Å². The third-order valence-electron chi connectivity index (χ3n) is 3.10. The fourth-order valence-electron chi connectivity index (χ4n) is 1.89. The predicted octanol–water partition coefficient (Wildman–Crippen LogP) is 2.29. The first kappa shape index (κ1) is 16.9. The first-order chi connectivity index (χ1) is 8.75. The van der Waals surface area contributed by atoms with Gasteiger partial charge in [0.05, 0.1) is 19.8 Å². The van der Waals surface area contributed by atoms with E-state index in [4.69, 9.17) is 4.74 Å². The van der Waals surface area contributed by atoms with Gasteiger partial charge in [0, 0.05) is 45.8 Å². The molecule has 0 N–H and O–H groups in total. The quantitative estimate of drug-likeness (QED) is 0.609. The maximum atomic E-state index is 5.31. The maximum Gasteiger partial charge on any atom is 0.0595 e. The Kier molecular flexibility index (Phi) is 7.87. The van der Waals surface area contributed by atoms with E-state index in [1.165, 1.54) is 5.56 Å². The number of hydrogen-bond donors (Lipinski definition) is 0. The summed E-state index contributed by atoms with van der Waals surface area (Å²) in [6.07, 6.45) is 0. The molecule has 1 aromatic carbocycles. The molecule has 0 amide bonds. The van der Waals surface area contributed by atoms with Gasteiger partial charge in [-0.05, 0) is 5.92 Å². The summed E-state index contributed by atoms with van der Waals surface area (Å²) in [6, 6.07) is 9.47. The monoisotopic (exact) mass is 331 g/mol. The third-order valence-corrected chi connectivity index (χ3v) is 3.10. The van der Waals surface area contributed by atoms with Crippen LogP contribution in [0.1, 0.15) is 30.9 Å². The molecule has 99 valence electrons. The Hall–Kier alpha value is -0.196. The summed E-state index contributed by atoms with van der Waals surface area (Å²) in [5, 5.41) is 0. The summed E-state index contributed by atoms with van der Waals surface area (Å²) in [6.45, 7) is 8.83. The van der Waals surface area contributed by atoms with E-state index in [0.717, 1.165) is 38.4 Å². The fraction of sp³-hybridized carbons (Fsp3) is 0.500. The second kappa shape index (κ2) is 8.87. The molecule has 2 rings (SSSR count). The van der Waals surface area contributed by atoms with Crippen LogP contribution in [-0.4, -0.2) is 37.7 Å². The van der Waals surface area contributed by atoms with Crippen molar-refractivity contribution in [1.29, 1.82) is 0 Å². The third kappa shape index (κ3) is 5.75. The first-order valence-electron chi connectivity index (χ1n) is 6.56. The molecule has 19 heavy (non-hydrogen) atoms. The summed E-state index contributed by atoms with van der Waals surface area (Å²) in [4.78, 5) is 2.32. The molecule has 1 aliphatic heterocycles. The van der Waals surface area contributed by atoms with Crippen LogP contribution in [0.4, 0.5) is 0 Å². The van der Waals surface area contributed by atoms with Gasteiger partial charge in [-0.2, -0.15) is 29.8 Å². The van der Waals surface area contributed by atoms with Crippen LogP contribution in [0.25, 0.3) is 0 Å². The van der Waals surface area contributed by atoms with Crippen LogP contribution in [-0.2, 0) is 37.4 Å². The molecule has 1 aromatic rings. The average molecular weight is 331 g/mol. The van der Waals surface area contributed by atoms with Gasteiger partial charge in [0.15, 0.2) is 0 Å². The summed E-state index contributed by atoms with van der Waals surface area (Å²) in [5.41, 5.74) is 2.29. The van der Waals surface area contributed by atoms with E-state index >= 15 is 0 Å². The fourth-order valence-corrected chi connectivity index (χ4v) is 1.89. The van der Waals surface area contributed by atoms with Gasteiger partial charge < -0.3 is 4.74 Å². The largest absolute Gasteiger partial charge is 0.379 e. The summed E-state index contributed by atoms with van der Waals surface area (Å²) >= 11 is 0. The zero-order valence-corrected chi connectivity index (χ0v) is 14.6. The van der Waals surface area contributed by atoms with Gasteiger partial charge in [-0.25, -0.2) is 0 Å². The van der Waals surface area contributed by atoms with E-state index in [2.05, 4.69) is 48.8 Å². The molecular weight excluding hydrogens is 311 g/mol. The Bertz CT molecular complexity index is 424. The van der Waals surface area contributed by atoms with Crippen molar-refractivity contribution in [2.45, 2.75) is 19.8 Å². The van der Waals surface area contributed by atoms with Gasteiger partial charge >= 0.3 is 0 Å². The van der Waals surface area contributed by atoms with Crippen molar-refractivity contribution in [1.82, 2.24) is 4.90 Å². The summed E-state index contributed by atoms with van der Waals surface area (Å²) < 4.78 is 5.31. The van der Waals surface area contributed by atoms with E-state index in [9.17, 15) is 0 Å². The Labute approximate surface area is 141 Å². The molecule has 0 saturated carbocycles. The molecule has 0 bridgehead atoms. The maximum absolute atomic E-state index is 5.31. The van der Waals surface area contributed by atoms with Crippen molar-refractivity contribution in [3.8, 4) is 11.8 Å². The molecular formula is C16H20NOY-. The molecule has 3 heteroatoms. The second-order valence-electron chi connectivity index (χ2n) is 4.88. The standard InChI is InChI=1S/C16H20NO.Y/c1-14(2)16-7-5-15(6-8-16)4-3-9-17-10-12-18-13-11-17;/h5-7,14H,9-13H2,1-2H3;/q-1;. The number of morpholine rings is 1. The van der Waals surface area contributed by atoms with Gasteiger partial charge in [0.2, 0.25) is 0 Å². The van der Waals surface area contributed by atoms with Crippen LogP contribution >= 0.6 is 0 Å². The Morgan fingerprint density at radius 1 is 1.32 bits per heavy atom. The minimum Gasteiger partial charge on any atom is -0.379 e. The number of hydrogen-bond acceptors (Lipinski definition) is 2. The molecule has 1 radical (unpaired) electrons. The van der Waals surface area contributed by atoms with E-state index in [-0.39, 0.29) is 32.7 Å². The van der Waals surface area contributed by atoms with Crippen LogP contribution in [0, 0.1) is 17.9 Å². The Balaban J connectivity index is 0.00000180. The van der Waals surface area contributed by atoms with E-state index in [1.807, 2.05) is 6.07 Å². The molecule has 2 nitrogen and oxygen atoms in total.